The van der Waals surface area contributed by atoms with Gasteiger partial charge in [-0.3, -0.25) is 9.59 Å². The fourth-order valence-corrected chi connectivity index (χ4v) is 6.75. The van der Waals surface area contributed by atoms with Crippen LogP contribution >= 0.6 is 0 Å². The van der Waals surface area contributed by atoms with Gasteiger partial charge in [-0.1, -0.05) is 114 Å². The van der Waals surface area contributed by atoms with E-state index in [1.54, 1.807) is 6.08 Å². The highest BCUT2D eigenvalue weighted by atomic mass is 16.5. The van der Waals surface area contributed by atoms with Crippen molar-refractivity contribution in [1.82, 2.24) is 0 Å². The van der Waals surface area contributed by atoms with Gasteiger partial charge in [0, 0.05) is 27.8 Å². The maximum Gasteiger partial charge on any atom is 0.194 e. The standard InChI is InChI=1S/C37H44O3/c1-3-5-7-9-14-26-19-20-27(24-26)28-17-13-18-31-29(28)21-22-33(36(31)38)34-25-35(40-23-12-8-6-4-2)30-15-10-11-16-32(30)37(34)39/h10-11,13,15-18,21-22,25-27H,3-9,12,14,19-20,23-24H2,1-2H3/b34-33+/t26-,27?/m1/s1. The van der Waals surface area contributed by atoms with E-state index in [1.807, 2.05) is 42.5 Å². The lowest BCUT2D eigenvalue weighted by Gasteiger charge is -2.23. The number of carbonyl (C=O) groups is 2. The number of Topliss-reactive ketones (excluding diaryl/α,β-unsaturated/α-hetero) is 2. The van der Waals surface area contributed by atoms with Gasteiger partial charge in [0.25, 0.3) is 0 Å². The van der Waals surface area contributed by atoms with E-state index >= 15 is 0 Å². The minimum atomic E-state index is -0.108. The number of benzene rings is 2. The smallest absolute Gasteiger partial charge is 0.194 e. The van der Waals surface area contributed by atoms with Gasteiger partial charge < -0.3 is 4.74 Å². The first kappa shape index (κ1) is 28.3. The van der Waals surface area contributed by atoms with Gasteiger partial charge in [0.15, 0.2) is 11.6 Å². The first-order chi connectivity index (χ1) is 19.6. The predicted octanol–water partition coefficient (Wildman–Crippen LogP) is 9.88. The van der Waals surface area contributed by atoms with Crippen molar-refractivity contribution in [2.75, 3.05) is 6.61 Å². The van der Waals surface area contributed by atoms with Crippen LogP contribution in [-0.4, -0.2) is 18.2 Å². The summed E-state index contributed by atoms with van der Waals surface area (Å²) >= 11 is 0. The molecule has 0 saturated heterocycles. The van der Waals surface area contributed by atoms with Crippen LogP contribution in [0.2, 0.25) is 0 Å². The molecule has 3 heteroatoms. The Bertz CT molecular complexity index is 1320. The maximum absolute atomic E-state index is 13.9. The minimum absolute atomic E-state index is 0.0604. The van der Waals surface area contributed by atoms with E-state index in [2.05, 4.69) is 26.0 Å². The van der Waals surface area contributed by atoms with Crippen molar-refractivity contribution in [3.63, 3.8) is 0 Å². The fourth-order valence-electron chi connectivity index (χ4n) is 6.75. The van der Waals surface area contributed by atoms with E-state index in [9.17, 15) is 9.59 Å². The van der Waals surface area contributed by atoms with Gasteiger partial charge in [0.2, 0.25) is 0 Å². The third-order valence-electron chi connectivity index (χ3n) is 9.00. The third-order valence-corrected chi connectivity index (χ3v) is 9.00. The summed E-state index contributed by atoms with van der Waals surface area (Å²) in [5, 5.41) is 0. The summed E-state index contributed by atoms with van der Waals surface area (Å²) in [6, 6.07) is 13.8. The average molecular weight is 537 g/mol. The number of rotatable bonds is 12. The van der Waals surface area contributed by atoms with Crippen LogP contribution in [0.25, 0.3) is 11.8 Å². The Balaban J connectivity index is 1.40. The molecule has 1 saturated carbocycles. The summed E-state index contributed by atoms with van der Waals surface area (Å²) in [4.78, 5) is 27.5. The molecule has 5 rings (SSSR count). The Morgan fingerprint density at radius 1 is 0.725 bits per heavy atom. The van der Waals surface area contributed by atoms with E-state index in [1.165, 1.54) is 69.8 Å². The Labute approximate surface area is 240 Å². The van der Waals surface area contributed by atoms with E-state index in [-0.39, 0.29) is 11.6 Å². The van der Waals surface area contributed by atoms with Crippen molar-refractivity contribution < 1.29 is 14.3 Å². The lowest BCUT2D eigenvalue weighted by molar-refractivity contribution is 0.100. The molecule has 3 aliphatic carbocycles. The number of hydrogen-bond donors (Lipinski definition) is 0. The molecule has 0 aliphatic heterocycles. The van der Waals surface area contributed by atoms with E-state index in [0.717, 1.165) is 35.4 Å². The second-order valence-corrected chi connectivity index (χ2v) is 11.8. The van der Waals surface area contributed by atoms with Crippen molar-refractivity contribution in [1.29, 1.82) is 0 Å². The number of allylic oxidation sites excluding steroid dienone is 4. The predicted molar refractivity (Wildman–Crippen MR) is 165 cm³/mol. The third kappa shape index (κ3) is 6.09. The molecular formula is C37H44O3. The molecule has 40 heavy (non-hydrogen) atoms. The van der Waals surface area contributed by atoms with Gasteiger partial charge >= 0.3 is 0 Å². The lowest BCUT2D eigenvalue weighted by Crippen LogP contribution is -2.19. The highest BCUT2D eigenvalue weighted by Crippen LogP contribution is 2.44. The largest absolute Gasteiger partial charge is 0.493 e. The number of fused-ring (bicyclic) bond motifs is 2. The fraction of sp³-hybridized carbons (Fsp3) is 0.459. The SMILES string of the molecule is CCCCCCOC1=C/C(=C2/C=Cc3c(cccc3C3CC[C@@H](CCCCCC)C3)C2=O)C(=O)c2ccccc21. The zero-order valence-electron chi connectivity index (χ0n) is 24.3. The van der Waals surface area contributed by atoms with Crippen LogP contribution in [0.15, 0.2) is 65.8 Å². The molecule has 2 atom stereocenters. The highest BCUT2D eigenvalue weighted by Gasteiger charge is 2.32. The minimum Gasteiger partial charge on any atom is -0.493 e. The van der Waals surface area contributed by atoms with Crippen molar-refractivity contribution in [3.8, 4) is 0 Å². The molecule has 1 fully saturated rings. The van der Waals surface area contributed by atoms with Crippen molar-refractivity contribution in [2.45, 2.75) is 96.8 Å². The summed E-state index contributed by atoms with van der Waals surface area (Å²) in [5.74, 6) is 1.82. The quantitative estimate of drug-likeness (QED) is 0.200. The Kier molecular flexibility index (Phi) is 9.52. The molecule has 210 valence electrons. The number of unbranched alkanes of at least 4 members (excludes halogenated alkanes) is 6. The van der Waals surface area contributed by atoms with Crippen LogP contribution in [0.3, 0.4) is 0 Å². The Morgan fingerprint density at radius 3 is 2.25 bits per heavy atom. The maximum atomic E-state index is 13.9. The second-order valence-electron chi connectivity index (χ2n) is 11.8. The molecule has 2 aromatic carbocycles. The number of ketones is 2. The number of hydrogen-bond acceptors (Lipinski definition) is 3. The average Bonchev–Trinajstić information content (AvgIpc) is 3.45. The van der Waals surface area contributed by atoms with Gasteiger partial charge in [-0.15, -0.1) is 0 Å². The molecule has 0 bridgehead atoms. The van der Waals surface area contributed by atoms with Crippen LogP contribution < -0.4 is 0 Å². The Hall–Kier alpha value is -3.20. The molecule has 0 radical (unpaired) electrons. The van der Waals surface area contributed by atoms with E-state index in [4.69, 9.17) is 4.74 Å². The zero-order valence-corrected chi connectivity index (χ0v) is 24.3. The first-order valence-corrected chi connectivity index (χ1v) is 15.7. The summed E-state index contributed by atoms with van der Waals surface area (Å²) in [6.45, 7) is 5.07. The van der Waals surface area contributed by atoms with Gasteiger partial charge in [-0.25, -0.2) is 0 Å². The van der Waals surface area contributed by atoms with Crippen LogP contribution in [-0.2, 0) is 4.74 Å². The number of ether oxygens (including phenoxy) is 1. The second kappa shape index (κ2) is 13.4. The number of carbonyl (C=O) groups excluding carboxylic acids is 2. The van der Waals surface area contributed by atoms with Gasteiger partial charge in [0.05, 0.1) is 6.61 Å². The summed E-state index contributed by atoms with van der Waals surface area (Å²) in [7, 11) is 0. The zero-order chi connectivity index (χ0) is 27.9. The molecule has 3 aliphatic rings. The van der Waals surface area contributed by atoms with Crippen molar-refractivity contribution >= 4 is 23.4 Å². The first-order valence-electron chi connectivity index (χ1n) is 15.7. The summed E-state index contributed by atoms with van der Waals surface area (Å²) < 4.78 is 6.21. The van der Waals surface area contributed by atoms with Gasteiger partial charge in [0.1, 0.15) is 5.76 Å². The lowest BCUT2D eigenvalue weighted by atomic mass is 9.80. The van der Waals surface area contributed by atoms with Gasteiger partial charge in [-0.05, 0) is 60.8 Å². The summed E-state index contributed by atoms with van der Waals surface area (Å²) in [6.07, 6.45) is 20.5. The topological polar surface area (TPSA) is 43.4 Å². The monoisotopic (exact) mass is 536 g/mol. The molecule has 1 unspecified atom stereocenters. The summed E-state index contributed by atoms with van der Waals surface area (Å²) in [5.41, 5.74) is 5.39. The molecule has 0 amide bonds. The van der Waals surface area contributed by atoms with E-state index < -0.39 is 0 Å². The van der Waals surface area contributed by atoms with E-state index in [0.29, 0.717) is 35.0 Å². The molecule has 2 aromatic rings. The molecule has 0 aromatic heterocycles. The molecule has 0 N–H and O–H groups in total. The highest BCUT2D eigenvalue weighted by molar-refractivity contribution is 6.25. The molecule has 0 heterocycles. The molecular weight excluding hydrogens is 492 g/mol. The van der Waals surface area contributed by atoms with Crippen molar-refractivity contribution in [3.05, 3.63) is 93.6 Å². The molecule has 3 nitrogen and oxygen atoms in total. The van der Waals surface area contributed by atoms with Crippen LogP contribution in [0.1, 0.15) is 134 Å². The molecule has 0 spiro atoms. The van der Waals surface area contributed by atoms with Crippen LogP contribution in [0.5, 0.6) is 0 Å². The van der Waals surface area contributed by atoms with Crippen LogP contribution in [0, 0.1) is 5.92 Å². The van der Waals surface area contributed by atoms with Gasteiger partial charge in [-0.2, -0.15) is 0 Å². The Morgan fingerprint density at radius 2 is 1.45 bits per heavy atom. The normalized spacial score (nSPS) is 21.8. The van der Waals surface area contributed by atoms with Crippen LogP contribution in [0.4, 0.5) is 0 Å². The van der Waals surface area contributed by atoms with Crippen molar-refractivity contribution in [2.24, 2.45) is 5.92 Å².